The molecular formula is C2H6O2S2. The van der Waals surface area contributed by atoms with Crippen molar-refractivity contribution in [2.45, 2.75) is 0 Å². The third-order valence-electron chi connectivity index (χ3n) is 0.219. The molecule has 1 unspecified atom stereocenters. The first-order chi connectivity index (χ1) is 3.81. The molecule has 4 heteroatoms. The first-order valence-electron chi connectivity index (χ1n) is 2.61. The maximum Gasteiger partial charge on any atom is 0.140 e. The topological polar surface area (TPSA) is 26.3 Å². The molecule has 0 aliphatic carbocycles. The van der Waals surface area contributed by atoms with Gasteiger partial charge in [0, 0.05) is 21.5 Å². The highest BCUT2D eigenvalue weighted by molar-refractivity contribution is 8.29. The average Bonchev–Trinajstić information content (AvgIpc) is 1.64. The molecule has 0 bridgehead atoms. The molecule has 0 saturated heterocycles. The molecule has 1 atom stereocenters. The highest BCUT2D eigenvalue weighted by Gasteiger charge is 1.84. The lowest BCUT2D eigenvalue weighted by atomic mass is 11.8. The zero-order valence-corrected chi connectivity index (χ0v) is 4.77. The summed E-state index contributed by atoms with van der Waals surface area (Å²) in [7, 11) is -2.49. The summed E-state index contributed by atoms with van der Waals surface area (Å²) >= 11 is 4.12. The zero-order valence-electron chi connectivity index (χ0n) is 6.13. The summed E-state index contributed by atoms with van der Waals surface area (Å²) in [5.41, 5.74) is 0. The van der Waals surface area contributed by atoms with Crippen molar-refractivity contribution in [3.05, 3.63) is 0 Å². The molecule has 0 radical (unpaired) electrons. The average molecular weight is 129 g/mol. The van der Waals surface area contributed by atoms with Crippen LogP contribution in [0.2, 0.25) is 0 Å². The molecular weight excluding hydrogens is 120 g/mol. The third-order valence-corrected chi connectivity index (χ3v) is 1.07. The van der Waals surface area contributed by atoms with E-state index in [2.05, 4.69) is 15.4 Å². The van der Waals surface area contributed by atoms with Crippen LogP contribution in [0.15, 0.2) is 0 Å². The summed E-state index contributed by atoms with van der Waals surface area (Å²) in [5.74, 6) is 0. The van der Waals surface area contributed by atoms with Crippen molar-refractivity contribution in [1.29, 1.82) is 0 Å². The Morgan fingerprint density at radius 3 is 2.67 bits per heavy atom. The van der Waals surface area contributed by atoms with Gasteiger partial charge >= 0.3 is 0 Å². The van der Waals surface area contributed by atoms with Gasteiger partial charge in [0.1, 0.15) is 8.77 Å². The number of rotatable bonds is 1. The third kappa shape index (κ3) is 4.33. The van der Waals surface area contributed by atoms with Crippen LogP contribution in [0.1, 0.15) is 4.11 Å². The van der Waals surface area contributed by atoms with Crippen LogP contribution in [0.4, 0.5) is 0 Å². The van der Waals surface area contributed by atoms with Crippen LogP contribution < -0.4 is 0 Å². The van der Waals surface area contributed by atoms with Gasteiger partial charge in [-0.3, -0.25) is 4.18 Å². The van der Waals surface area contributed by atoms with Gasteiger partial charge in [-0.05, 0) is 0 Å². The summed E-state index contributed by atoms with van der Waals surface area (Å²) in [4.78, 5) is 0. The lowest BCUT2D eigenvalue weighted by Crippen LogP contribution is -1.93. The van der Waals surface area contributed by atoms with Gasteiger partial charge in [0.2, 0.25) is 0 Å². The van der Waals surface area contributed by atoms with E-state index in [-0.39, 0.29) is 0 Å². The van der Waals surface area contributed by atoms with Crippen LogP contribution in [-0.4, -0.2) is 17.5 Å². The fraction of sp³-hybridized carbons (Fsp3) is 1.00. The largest absolute Gasteiger partial charge is 0.294 e. The predicted molar refractivity (Wildman–Crippen MR) is 28.4 cm³/mol. The van der Waals surface area contributed by atoms with Gasteiger partial charge in [-0.2, -0.15) is 0 Å². The normalized spacial score (nSPS) is 29.2. The molecule has 0 aliphatic rings. The molecule has 0 amide bonds. The molecule has 38 valence electrons. The highest BCUT2D eigenvalue weighted by atomic mass is 32.8. The van der Waals surface area contributed by atoms with Crippen LogP contribution in [0.3, 0.4) is 0 Å². The van der Waals surface area contributed by atoms with Crippen LogP contribution in [0, 0.1) is 0 Å². The minimum Gasteiger partial charge on any atom is -0.294 e. The van der Waals surface area contributed by atoms with Crippen LogP contribution in [0.25, 0.3) is 0 Å². The van der Waals surface area contributed by atoms with E-state index in [1.54, 1.807) is 0 Å². The minimum atomic E-state index is -3.50. The quantitative estimate of drug-likeness (QED) is 0.495. The van der Waals surface area contributed by atoms with E-state index in [0.717, 1.165) is 7.11 Å². The minimum absolute atomic E-state index is 1.02. The lowest BCUT2D eigenvalue weighted by molar-refractivity contribution is 0.448. The standard InChI is InChI=1S/C2H6O2S2/c1-4-6(2,3)5/h1-2H3/i2D3. The van der Waals surface area contributed by atoms with Gasteiger partial charge in [-0.25, -0.2) is 4.21 Å². The molecule has 0 saturated carbocycles. The molecule has 6 heavy (non-hydrogen) atoms. The summed E-state index contributed by atoms with van der Waals surface area (Å²) < 4.78 is 34.4. The second kappa shape index (κ2) is 1.86. The summed E-state index contributed by atoms with van der Waals surface area (Å²) in [6, 6.07) is 0. The van der Waals surface area contributed by atoms with Crippen molar-refractivity contribution < 1.29 is 12.5 Å². The maximum atomic E-state index is 10.6. The predicted octanol–water partition coefficient (Wildman–Crippen LogP) is -0.0761. The van der Waals surface area contributed by atoms with Crippen molar-refractivity contribution in [3.8, 4) is 0 Å². The molecule has 2 nitrogen and oxygen atoms in total. The number of hydrogen-bond acceptors (Lipinski definition) is 3. The smallest absolute Gasteiger partial charge is 0.140 e. The second-order valence-corrected chi connectivity index (χ2v) is 3.18. The van der Waals surface area contributed by atoms with Gasteiger partial charge in [0.05, 0.1) is 7.11 Å². The van der Waals surface area contributed by atoms with E-state index in [1.807, 2.05) is 0 Å². The lowest BCUT2D eigenvalue weighted by Gasteiger charge is -1.88. The Bertz CT molecular complexity index is 178. The monoisotopic (exact) mass is 129 g/mol. The van der Waals surface area contributed by atoms with Crippen molar-refractivity contribution >= 4 is 20.0 Å². The van der Waals surface area contributed by atoms with E-state index in [1.165, 1.54) is 0 Å². The van der Waals surface area contributed by atoms with Gasteiger partial charge in [-0.15, -0.1) is 0 Å². The van der Waals surface area contributed by atoms with E-state index in [9.17, 15) is 4.21 Å². The first-order valence-corrected chi connectivity index (χ1v) is 3.52. The highest BCUT2D eigenvalue weighted by Crippen LogP contribution is 1.77. The fourth-order valence-corrected chi connectivity index (χ4v) is 0. The Labute approximate surface area is 46.6 Å². The van der Waals surface area contributed by atoms with Crippen molar-refractivity contribution in [3.63, 3.8) is 0 Å². The van der Waals surface area contributed by atoms with Crippen molar-refractivity contribution in [2.24, 2.45) is 0 Å². The van der Waals surface area contributed by atoms with Crippen LogP contribution >= 0.6 is 0 Å². The van der Waals surface area contributed by atoms with Crippen LogP contribution in [-0.2, 0) is 24.1 Å². The molecule has 0 fully saturated rings. The first kappa shape index (κ1) is 2.59. The van der Waals surface area contributed by atoms with Gasteiger partial charge in [-0.1, -0.05) is 0 Å². The molecule has 0 aromatic heterocycles. The Kier molecular flexibility index (Phi) is 0.803. The maximum absolute atomic E-state index is 10.6. The molecule has 0 aromatic rings. The number of hydrogen-bond donors (Lipinski definition) is 0. The van der Waals surface area contributed by atoms with Gasteiger partial charge in [0.25, 0.3) is 0 Å². The summed E-state index contributed by atoms with van der Waals surface area (Å²) in [5, 5.41) is 0. The van der Waals surface area contributed by atoms with Gasteiger partial charge in [0.15, 0.2) is 0 Å². The molecule has 0 rings (SSSR count). The van der Waals surface area contributed by atoms with Crippen molar-refractivity contribution in [1.82, 2.24) is 0 Å². The molecule has 0 heterocycles. The summed E-state index contributed by atoms with van der Waals surface area (Å²) in [6.07, 6.45) is -2.68. The Morgan fingerprint density at radius 1 is 2.17 bits per heavy atom. The Morgan fingerprint density at radius 2 is 2.67 bits per heavy atom. The SMILES string of the molecule is [2H]C([2H])([2H])S(=O)(=S)OC. The molecule has 0 aromatic carbocycles. The zero-order chi connectivity index (χ0) is 7.71. The Balaban J connectivity index is 4.57. The Hall–Kier alpha value is 0.330. The van der Waals surface area contributed by atoms with E-state index < -0.39 is 15.0 Å². The van der Waals surface area contributed by atoms with Crippen molar-refractivity contribution in [2.75, 3.05) is 13.3 Å². The van der Waals surface area contributed by atoms with E-state index >= 15 is 0 Å². The van der Waals surface area contributed by atoms with Gasteiger partial charge < -0.3 is 0 Å². The van der Waals surface area contributed by atoms with E-state index in [4.69, 9.17) is 4.11 Å². The second-order valence-electron chi connectivity index (χ2n) is 0.621. The fourth-order valence-electron chi connectivity index (χ4n) is 0. The molecule has 0 spiro atoms. The summed E-state index contributed by atoms with van der Waals surface area (Å²) in [6.45, 7) is 0. The molecule has 0 aliphatic heterocycles. The van der Waals surface area contributed by atoms with E-state index in [0.29, 0.717) is 0 Å². The van der Waals surface area contributed by atoms with Crippen LogP contribution in [0.5, 0.6) is 0 Å². The molecule has 0 N–H and O–H groups in total.